The van der Waals surface area contributed by atoms with E-state index in [9.17, 15) is 0 Å². The van der Waals surface area contributed by atoms with Gasteiger partial charge in [-0.1, -0.05) is 29.8 Å². The second-order valence-corrected chi connectivity index (χ2v) is 6.72. The van der Waals surface area contributed by atoms with E-state index in [0.717, 1.165) is 28.0 Å². The molecule has 3 nitrogen and oxygen atoms in total. The highest BCUT2D eigenvalue weighted by Crippen LogP contribution is 2.27. The summed E-state index contributed by atoms with van der Waals surface area (Å²) in [5.41, 5.74) is 7.49. The summed E-state index contributed by atoms with van der Waals surface area (Å²) in [6.07, 6.45) is 0. The molecule has 0 amide bonds. The summed E-state index contributed by atoms with van der Waals surface area (Å²) >= 11 is 0. The van der Waals surface area contributed by atoms with E-state index in [2.05, 4.69) is 56.1 Å². The van der Waals surface area contributed by atoms with E-state index in [4.69, 9.17) is 9.15 Å². The quantitative estimate of drug-likeness (QED) is 0.456. The summed E-state index contributed by atoms with van der Waals surface area (Å²) in [5.74, 6) is 1.47. The molecule has 130 valence electrons. The van der Waals surface area contributed by atoms with Crippen LogP contribution < -0.4 is 4.74 Å². The van der Waals surface area contributed by atoms with E-state index in [-0.39, 0.29) is 0 Å². The van der Waals surface area contributed by atoms with Gasteiger partial charge in [0, 0.05) is 5.56 Å². The average Bonchev–Trinajstić information content (AvgIpc) is 3.05. The van der Waals surface area contributed by atoms with E-state index in [1.807, 2.05) is 30.3 Å². The third kappa shape index (κ3) is 3.33. The molecule has 0 radical (unpaired) electrons. The lowest BCUT2D eigenvalue weighted by molar-refractivity contribution is 0.306. The number of fused-ring (bicyclic) bond motifs is 1. The molecule has 0 aliphatic heterocycles. The highest BCUT2D eigenvalue weighted by Gasteiger charge is 2.10. The molecule has 0 bridgehead atoms. The summed E-state index contributed by atoms with van der Waals surface area (Å²) < 4.78 is 11.8. The summed E-state index contributed by atoms with van der Waals surface area (Å²) in [6.45, 7) is 6.81. The minimum Gasteiger partial charge on any atom is -0.489 e. The van der Waals surface area contributed by atoms with Gasteiger partial charge in [0.15, 0.2) is 5.58 Å². The Hall–Kier alpha value is -3.07. The largest absolute Gasteiger partial charge is 0.489 e. The van der Waals surface area contributed by atoms with Crippen molar-refractivity contribution in [1.29, 1.82) is 0 Å². The maximum atomic E-state index is 5.92. The van der Waals surface area contributed by atoms with E-state index in [0.29, 0.717) is 12.5 Å². The molecule has 1 heterocycles. The Bertz CT molecular complexity index is 1010. The zero-order valence-corrected chi connectivity index (χ0v) is 15.2. The smallest absolute Gasteiger partial charge is 0.227 e. The predicted octanol–water partition coefficient (Wildman–Crippen LogP) is 6.00. The van der Waals surface area contributed by atoms with Gasteiger partial charge in [0.2, 0.25) is 5.89 Å². The Morgan fingerprint density at radius 2 is 1.54 bits per heavy atom. The molecular weight excluding hydrogens is 322 g/mol. The van der Waals surface area contributed by atoms with Crippen molar-refractivity contribution in [2.75, 3.05) is 0 Å². The third-order valence-corrected chi connectivity index (χ3v) is 4.63. The number of aromatic nitrogens is 1. The SMILES string of the molecule is Cc1ccc(COc2ccc(-c3nc4cc(C)c(C)cc4o3)cc2)cc1. The predicted molar refractivity (Wildman–Crippen MR) is 104 cm³/mol. The van der Waals surface area contributed by atoms with Crippen molar-refractivity contribution in [2.45, 2.75) is 27.4 Å². The number of rotatable bonds is 4. The van der Waals surface area contributed by atoms with Gasteiger partial charge in [-0.05, 0) is 73.9 Å². The van der Waals surface area contributed by atoms with Crippen LogP contribution in [0.1, 0.15) is 22.3 Å². The number of ether oxygens (including phenoxy) is 1. The maximum absolute atomic E-state index is 5.92. The molecule has 0 N–H and O–H groups in total. The van der Waals surface area contributed by atoms with Crippen molar-refractivity contribution in [1.82, 2.24) is 4.98 Å². The van der Waals surface area contributed by atoms with Crippen LogP contribution >= 0.6 is 0 Å². The van der Waals surface area contributed by atoms with Crippen LogP contribution in [0.5, 0.6) is 5.75 Å². The van der Waals surface area contributed by atoms with Crippen LogP contribution in [0, 0.1) is 20.8 Å². The molecule has 0 atom stereocenters. The first-order chi connectivity index (χ1) is 12.6. The fraction of sp³-hybridized carbons (Fsp3) is 0.174. The Labute approximate surface area is 153 Å². The second-order valence-electron chi connectivity index (χ2n) is 6.72. The molecule has 3 heteroatoms. The lowest BCUT2D eigenvalue weighted by atomic mass is 10.1. The minimum absolute atomic E-state index is 0.557. The summed E-state index contributed by atoms with van der Waals surface area (Å²) in [5, 5.41) is 0. The van der Waals surface area contributed by atoms with Gasteiger partial charge in [-0.3, -0.25) is 0 Å². The van der Waals surface area contributed by atoms with Gasteiger partial charge >= 0.3 is 0 Å². The van der Waals surface area contributed by atoms with Crippen LogP contribution in [0.15, 0.2) is 65.1 Å². The fourth-order valence-electron chi connectivity index (χ4n) is 2.85. The first kappa shape index (κ1) is 16.4. The van der Waals surface area contributed by atoms with Crippen LogP contribution in [0.3, 0.4) is 0 Å². The first-order valence-electron chi connectivity index (χ1n) is 8.75. The van der Waals surface area contributed by atoms with Crippen molar-refractivity contribution >= 4 is 11.1 Å². The van der Waals surface area contributed by atoms with Gasteiger partial charge in [0.1, 0.15) is 17.9 Å². The minimum atomic E-state index is 0.557. The van der Waals surface area contributed by atoms with Gasteiger partial charge in [0.05, 0.1) is 0 Å². The van der Waals surface area contributed by atoms with Crippen molar-refractivity contribution in [3.63, 3.8) is 0 Å². The van der Waals surface area contributed by atoms with E-state index in [1.165, 1.54) is 16.7 Å². The number of hydrogen-bond donors (Lipinski definition) is 0. The molecule has 0 spiro atoms. The third-order valence-electron chi connectivity index (χ3n) is 4.63. The van der Waals surface area contributed by atoms with Crippen LogP contribution in [0.25, 0.3) is 22.6 Å². The molecule has 26 heavy (non-hydrogen) atoms. The van der Waals surface area contributed by atoms with E-state index >= 15 is 0 Å². The Morgan fingerprint density at radius 1 is 0.846 bits per heavy atom. The number of benzene rings is 3. The topological polar surface area (TPSA) is 35.3 Å². The number of hydrogen-bond acceptors (Lipinski definition) is 3. The highest BCUT2D eigenvalue weighted by atomic mass is 16.5. The monoisotopic (exact) mass is 343 g/mol. The standard InChI is InChI=1S/C23H21NO2/c1-15-4-6-18(7-5-15)14-25-20-10-8-19(9-11-20)23-24-21-12-16(2)17(3)13-22(21)26-23/h4-13H,14H2,1-3H3. The molecular formula is C23H21NO2. The van der Waals surface area contributed by atoms with Crippen molar-refractivity contribution < 1.29 is 9.15 Å². The van der Waals surface area contributed by atoms with Gasteiger partial charge in [-0.2, -0.15) is 0 Å². The van der Waals surface area contributed by atoms with Gasteiger partial charge in [0.25, 0.3) is 0 Å². The summed E-state index contributed by atoms with van der Waals surface area (Å²) in [4.78, 5) is 4.61. The van der Waals surface area contributed by atoms with Crippen molar-refractivity contribution in [3.05, 3.63) is 82.9 Å². The fourth-order valence-corrected chi connectivity index (χ4v) is 2.85. The lowest BCUT2D eigenvalue weighted by Gasteiger charge is -2.07. The van der Waals surface area contributed by atoms with Gasteiger partial charge < -0.3 is 9.15 Å². The molecule has 0 aliphatic rings. The molecule has 0 unspecified atom stereocenters. The molecule has 0 saturated heterocycles. The zero-order chi connectivity index (χ0) is 18.1. The number of nitrogens with zero attached hydrogens (tertiary/aromatic N) is 1. The molecule has 1 aromatic heterocycles. The molecule has 4 rings (SSSR count). The average molecular weight is 343 g/mol. The Balaban J connectivity index is 1.51. The maximum Gasteiger partial charge on any atom is 0.227 e. The molecule has 0 aliphatic carbocycles. The van der Waals surface area contributed by atoms with Gasteiger partial charge in [-0.15, -0.1) is 0 Å². The van der Waals surface area contributed by atoms with Crippen LogP contribution in [0.4, 0.5) is 0 Å². The Morgan fingerprint density at radius 3 is 2.27 bits per heavy atom. The number of oxazole rings is 1. The van der Waals surface area contributed by atoms with Crippen LogP contribution in [0.2, 0.25) is 0 Å². The van der Waals surface area contributed by atoms with Crippen LogP contribution in [-0.2, 0) is 6.61 Å². The Kier molecular flexibility index (Phi) is 4.21. The highest BCUT2D eigenvalue weighted by molar-refractivity contribution is 5.78. The van der Waals surface area contributed by atoms with Crippen molar-refractivity contribution in [3.8, 4) is 17.2 Å². The van der Waals surface area contributed by atoms with Gasteiger partial charge in [-0.25, -0.2) is 4.98 Å². The normalized spacial score (nSPS) is 11.0. The first-order valence-corrected chi connectivity index (χ1v) is 8.75. The van der Waals surface area contributed by atoms with E-state index < -0.39 is 0 Å². The summed E-state index contributed by atoms with van der Waals surface area (Å²) in [6, 6.07) is 20.3. The molecule has 0 saturated carbocycles. The zero-order valence-electron chi connectivity index (χ0n) is 15.2. The molecule has 3 aromatic carbocycles. The van der Waals surface area contributed by atoms with Crippen LogP contribution in [-0.4, -0.2) is 4.98 Å². The summed E-state index contributed by atoms with van der Waals surface area (Å²) in [7, 11) is 0. The van der Waals surface area contributed by atoms with Crippen molar-refractivity contribution in [2.24, 2.45) is 0 Å². The lowest BCUT2D eigenvalue weighted by Crippen LogP contribution is -1.95. The number of aryl methyl sites for hydroxylation is 3. The molecule has 4 aromatic rings. The van der Waals surface area contributed by atoms with E-state index in [1.54, 1.807) is 0 Å². The second kappa shape index (κ2) is 6.68. The molecule has 0 fully saturated rings.